The summed E-state index contributed by atoms with van der Waals surface area (Å²) >= 11 is 0. The third kappa shape index (κ3) is 4.09. The van der Waals surface area contributed by atoms with Crippen LogP contribution in [0.5, 0.6) is 5.75 Å². The van der Waals surface area contributed by atoms with Gasteiger partial charge in [0, 0.05) is 5.41 Å². The van der Waals surface area contributed by atoms with Crippen LogP contribution in [-0.2, 0) is 4.79 Å². The quantitative estimate of drug-likeness (QED) is 0.907. The van der Waals surface area contributed by atoms with Gasteiger partial charge in [0.25, 0.3) is 5.91 Å². The van der Waals surface area contributed by atoms with Crippen LogP contribution in [0.2, 0.25) is 0 Å². The van der Waals surface area contributed by atoms with Gasteiger partial charge in [-0.1, -0.05) is 32.4 Å². The zero-order chi connectivity index (χ0) is 14.6. The van der Waals surface area contributed by atoms with E-state index in [1.807, 2.05) is 33.8 Å². The van der Waals surface area contributed by atoms with Crippen molar-refractivity contribution >= 4 is 11.7 Å². The van der Waals surface area contributed by atoms with E-state index in [0.717, 1.165) is 5.56 Å². The van der Waals surface area contributed by atoms with Crippen LogP contribution < -0.4 is 10.1 Å². The third-order valence-electron chi connectivity index (χ3n) is 2.85. The Morgan fingerprint density at radius 1 is 1.26 bits per heavy atom. The fourth-order valence-corrected chi connectivity index (χ4v) is 1.52. The minimum atomic E-state index is -0.454. The Balaban J connectivity index is 2.79. The van der Waals surface area contributed by atoms with Crippen molar-refractivity contribution in [3.63, 3.8) is 0 Å². The summed E-state index contributed by atoms with van der Waals surface area (Å²) in [7, 11) is 1.52. The van der Waals surface area contributed by atoms with Gasteiger partial charge in [-0.2, -0.15) is 0 Å². The van der Waals surface area contributed by atoms with Crippen molar-refractivity contribution in [1.29, 1.82) is 0 Å². The molecule has 1 aromatic rings. The summed E-state index contributed by atoms with van der Waals surface area (Å²) in [6.07, 6.45) is 0. The highest BCUT2D eigenvalue weighted by Gasteiger charge is 2.22. The maximum absolute atomic E-state index is 12.1. The SMILES string of the molecule is COc1ccc(C)cc1C(=O)NCC(=O)C(C)(C)C. The first kappa shape index (κ1) is 15.2. The first-order valence-corrected chi connectivity index (χ1v) is 6.22. The van der Waals surface area contributed by atoms with Gasteiger partial charge in [0.05, 0.1) is 19.2 Å². The smallest absolute Gasteiger partial charge is 0.255 e. The van der Waals surface area contributed by atoms with E-state index in [-0.39, 0.29) is 18.2 Å². The van der Waals surface area contributed by atoms with Crippen LogP contribution in [0.1, 0.15) is 36.7 Å². The van der Waals surface area contributed by atoms with Gasteiger partial charge in [-0.25, -0.2) is 0 Å². The normalized spacial score (nSPS) is 11.0. The van der Waals surface area contributed by atoms with Gasteiger partial charge in [0.1, 0.15) is 5.75 Å². The summed E-state index contributed by atoms with van der Waals surface area (Å²) < 4.78 is 5.15. The molecule has 0 atom stereocenters. The standard InChI is InChI=1S/C15H21NO3/c1-10-6-7-12(19-5)11(8-10)14(18)16-9-13(17)15(2,3)4/h6-8H,9H2,1-5H3,(H,16,18). The van der Waals surface area contributed by atoms with Gasteiger partial charge in [-0.3, -0.25) is 9.59 Å². The Labute approximate surface area is 114 Å². The molecule has 4 nitrogen and oxygen atoms in total. The molecule has 0 aliphatic heterocycles. The molecule has 1 N–H and O–H groups in total. The fraction of sp³-hybridized carbons (Fsp3) is 0.467. The molecule has 0 aromatic heterocycles. The molecule has 0 aliphatic carbocycles. The van der Waals surface area contributed by atoms with Gasteiger partial charge < -0.3 is 10.1 Å². The number of carbonyl (C=O) groups is 2. The number of hydrogen-bond donors (Lipinski definition) is 1. The zero-order valence-electron chi connectivity index (χ0n) is 12.2. The number of carbonyl (C=O) groups excluding carboxylic acids is 2. The topological polar surface area (TPSA) is 55.4 Å². The lowest BCUT2D eigenvalue weighted by Gasteiger charge is -2.17. The molecule has 0 saturated carbocycles. The van der Waals surface area contributed by atoms with Crippen molar-refractivity contribution in [2.45, 2.75) is 27.7 Å². The maximum atomic E-state index is 12.1. The summed E-state index contributed by atoms with van der Waals surface area (Å²) in [5.74, 6) is 0.205. The number of amides is 1. The molecule has 0 aliphatic rings. The molecule has 0 bridgehead atoms. The number of Topliss-reactive ketones (excluding diaryl/α,β-unsaturated/α-hetero) is 1. The van der Waals surface area contributed by atoms with E-state index in [1.165, 1.54) is 7.11 Å². The highest BCUT2D eigenvalue weighted by molar-refractivity contribution is 5.99. The van der Waals surface area contributed by atoms with Crippen LogP contribution in [0, 0.1) is 12.3 Å². The summed E-state index contributed by atoms with van der Waals surface area (Å²) in [5, 5.41) is 2.64. The molecule has 1 aromatic carbocycles. The Bertz CT molecular complexity index is 487. The lowest BCUT2D eigenvalue weighted by Crippen LogP contribution is -2.35. The second kappa shape index (κ2) is 5.87. The summed E-state index contributed by atoms with van der Waals surface area (Å²) in [5.41, 5.74) is 0.960. The van der Waals surface area contributed by atoms with Gasteiger partial charge in [-0.15, -0.1) is 0 Å². The van der Waals surface area contributed by atoms with Crippen LogP contribution in [0.15, 0.2) is 18.2 Å². The Hall–Kier alpha value is -1.84. The second-order valence-electron chi connectivity index (χ2n) is 5.56. The maximum Gasteiger partial charge on any atom is 0.255 e. The van der Waals surface area contributed by atoms with E-state index in [1.54, 1.807) is 12.1 Å². The first-order chi connectivity index (χ1) is 8.75. The van der Waals surface area contributed by atoms with Crippen molar-refractivity contribution < 1.29 is 14.3 Å². The minimum absolute atomic E-state index is 0.00697. The van der Waals surface area contributed by atoms with E-state index in [0.29, 0.717) is 11.3 Å². The molecule has 19 heavy (non-hydrogen) atoms. The summed E-state index contributed by atoms with van der Waals surface area (Å²) in [6.45, 7) is 7.41. The number of rotatable bonds is 4. The van der Waals surface area contributed by atoms with E-state index >= 15 is 0 Å². The molecular weight excluding hydrogens is 242 g/mol. The number of hydrogen-bond acceptors (Lipinski definition) is 3. The molecule has 1 amide bonds. The van der Waals surface area contributed by atoms with Crippen molar-refractivity contribution in [1.82, 2.24) is 5.32 Å². The van der Waals surface area contributed by atoms with Gasteiger partial charge in [-0.05, 0) is 19.1 Å². The number of aryl methyl sites for hydroxylation is 1. The predicted molar refractivity (Wildman–Crippen MR) is 74.5 cm³/mol. The lowest BCUT2D eigenvalue weighted by molar-refractivity contribution is -0.125. The number of ketones is 1. The molecule has 0 saturated heterocycles. The van der Waals surface area contributed by atoms with Gasteiger partial charge >= 0.3 is 0 Å². The molecule has 0 radical (unpaired) electrons. The summed E-state index contributed by atoms with van der Waals surface area (Å²) in [4.78, 5) is 23.8. The fourth-order valence-electron chi connectivity index (χ4n) is 1.52. The van der Waals surface area contributed by atoms with Crippen molar-refractivity contribution in [3.05, 3.63) is 29.3 Å². The largest absolute Gasteiger partial charge is 0.496 e. The molecular formula is C15H21NO3. The lowest BCUT2D eigenvalue weighted by atomic mass is 9.91. The highest BCUT2D eigenvalue weighted by Crippen LogP contribution is 2.19. The van der Waals surface area contributed by atoms with E-state index in [2.05, 4.69) is 5.32 Å². The second-order valence-corrected chi connectivity index (χ2v) is 5.56. The number of benzene rings is 1. The molecule has 0 spiro atoms. The predicted octanol–water partition coefficient (Wildman–Crippen LogP) is 2.35. The van der Waals surface area contributed by atoms with Crippen LogP contribution in [0.25, 0.3) is 0 Å². The number of methoxy groups -OCH3 is 1. The molecule has 0 fully saturated rings. The zero-order valence-corrected chi connectivity index (χ0v) is 12.2. The minimum Gasteiger partial charge on any atom is -0.496 e. The average Bonchev–Trinajstić information content (AvgIpc) is 2.34. The van der Waals surface area contributed by atoms with Gasteiger partial charge in [0.15, 0.2) is 5.78 Å². The van der Waals surface area contributed by atoms with E-state index in [4.69, 9.17) is 4.74 Å². The van der Waals surface area contributed by atoms with Crippen molar-refractivity contribution in [2.24, 2.45) is 5.41 Å². The monoisotopic (exact) mass is 263 g/mol. The van der Waals surface area contributed by atoms with Crippen LogP contribution in [0.3, 0.4) is 0 Å². The molecule has 0 unspecified atom stereocenters. The van der Waals surface area contributed by atoms with Crippen molar-refractivity contribution in [3.8, 4) is 5.75 Å². The molecule has 4 heteroatoms. The van der Waals surface area contributed by atoms with Crippen LogP contribution in [0.4, 0.5) is 0 Å². The number of ether oxygens (including phenoxy) is 1. The van der Waals surface area contributed by atoms with E-state index in [9.17, 15) is 9.59 Å². The highest BCUT2D eigenvalue weighted by atomic mass is 16.5. The Kier molecular flexibility index (Phi) is 4.70. The number of nitrogens with one attached hydrogen (secondary N) is 1. The van der Waals surface area contributed by atoms with E-state index < -0.39 is 5.41 Å². The molecule has 104 valence electrons. The Morgan fingerprint density at radius 3 is 2.42 bits per heavy atom. The average molecular weight is 263 g/mol. The van der Waals surface area contributed by atoms with Crippen LogP contribution >= 0.6 is 0 Å². The van der Waals surface area contributed by atoms with Crippen LogP contribution in [-0.4, -0.2) is 25.3 Å². The van der Waals surface area contributed by atoms with Crippen molar-refractivity contribution in [2.75, 3.05) is 13.7 Å². The Morgan fingerprint density at radius 2 is 1.89 bits per heavy atom. The molecule has 1 rings (SSSR count). The van der Waals surface area contributed by atoms with Gasteiger partial charge in [0.2, 0.25) is 0 Å². The first-order valence-electron chi connectivity index (χ1n) is 6.22. The third-order valence-corrected chi connectivity index (χ3v) is 2.85. The molecule has 0 heterocycles. The summed E-state index contributed by atoms with van der Waals surface area (Å²) in [6, 6.07) is 5.36.